The SMILES string of the molecule is O=C(COc1ccc2c(c1)c1ccnc3c4ccccc4c(=O)n2c13)Nc1cccc(F)c1. The van der Waals surface area contributed by atoms with Crippen LogP contribution >= 0.6 is 0 Å². The maximum Gasteiger partial charge on any atom is 0.263 e. The van der Waals surface area contributed by atoms with Gasteiger partial charge < -0.3 is 10.1 Å². The summed E-state index contributed by atoms with van der Waals surface area (Å²) in [5.41, 5.74) is 2.52. The second-order valence-electron chi connectivity index (χ2n) is 7.77. The smallest absolute Gasteiger partial charge is 0.263 e. The Morgan fingerprint density at radius 1 is 0.939 bits per heavy atom. The molecule has 0 unspecified atom stereocenters. The largest absolute Gasteiger partial charge is 0.484 e. The van der Waals surface area contributed by atoms with Gasteiger partial charge in [-0.1, -0.05) is 24.3 Å². The Labute approximate surface area is 186 Å². The molecule has 6 rings (SSSR count). The van der Waals surface area contributed by atoms with Crippen molar-refractivity contribution in [3.63, 3.8) is 0 Å². The lowest BCUT2D eigenvalue weighted by molar-refractivity contribution is -0.118. The highest BCUT2D eigenvalue weighted by Crippen LogP contribution is 2.34. The molecule has 0 saturated heterocycles. The van der Waals surface area contributed by atoms with Gasteiger partial charge in [0.15, 0.2) is 6.61 Å². The van der Waals surface area contributed by atoms with Gasteiger partial charge in [0, 0.05) is 33.4 Å². The van der Waals surface area contributed by atoms with Crippen molar-refractivity contribution < 1.29 is 13.9 Å². The lowest BCUT2D eigenvalue weighted by Crippen LogP contribution is -2.20. The summed E-state index contributed by atoms with van der Waals surface area (Å²) in [5.74, 6) is -0.352. The van der Waals surface area contributed by atoms with Crippen LogP contribution in [-0.2, 0) is 4.79 Å². The summed E-state index contributed by atoms with van der Waals surface area (Å²) < 4.78 is 20.7. The fourth-order valence-corrected chi connectivity index (χ4v) is 4.35. The Morgan fingerprint density at radius 2 is 1.79 bits per heavy atom. The number of benzene rings is 3. The molecule has 0 aliphatic rings. The van der Waals surface area contributed by atoms with E-state index in [1.807, 2.05) is 42.5 Å². The molecular formula is C26H16FN3O3. The summed E-state index contributed by atoms with van der Waals surface area (Å²) in [6, 6.07) is 20.3. The standard InChI is InChI=1S/C26H16FN3O3/c27-15-4-3-5-16(12-15)29-23(31)14-33-17-8-9-22-21(13-17)19-10-11-28-24-18-6-1-2-7-20(18)26(32)30(22)25(19)24/h1-13H,14H2,(H,29,31). The highest BCUT2D eigenvalue weighted by atomic mass is 19.1. The molecule has 7 heteroatoms. The average molecular weight is 437 g/mol. The third-order valence-electron chi connectivity index (χ3n) is 5.74. The van der Waals surface area contributed by atoms with Crippen molar-refractivity contribution in [1.29, 1.82) is 0 Å². The number of hydrogen-bond donors (Lipinski definition) is 1. The number of pyridine rings is 2. The molecule has 6 aromatic rings. The Hall–Kier alpha value is -4.52. The monoisotopic (exact) mass is 437 g/mol. The maximum absolute atomic E-state index is 13.3. The van der Waals surface area contributed by atoms with E-state index in [4.69, 9.17) is 4.74 Å². The molecular weight excluding hydrogens is 421 g/mol. The van der Waals surface area contributed by atoms with Crippen molar-refractivity contribution in [2.45, 2.75) is 0 Å². The minimum atomic E-state index is -0.432. The van der Waals surface area contributed by atoms with Crippen LogP contribution in [-0.4, -0.2) is 21.9 Å². The highest BCUT2D eigenvalue weighted by molar-refractivity contribution is 6.18. The molecule has 6 nitrogen and oxygen atoms in total. The van der Waals surface area contributed by atoms with Crippen LogP contribution in [0.2, 0.25) is 0 Å². The van der Waals surface area contributed by atoms with Crippen LogP contribution in [0.3, 0.4) is 0 Å². The van der Waals surface area contributed by atoms with Gasteiger partial charge in [0.1, 0.15) is 11.6 Å². The van der Waals surface area contributed by atoms with Crippen molar-refractivity contribution in [3.05, 3.63) is 95.2 Å². The summed E-state index contributed by atoms with van der Waals surface area (Å²) in [5, 5.41) is 5.74. The van der Waals surface area contributed by atoms with E-state index < -0.39 is 11.7 Å². The number of hydrogen-bond acceptors (Lipinski definition) is 4. The number of ether oxygens (including phenoxy) is 1. The van der Waals surface area contributed by atoms with E-state index in [1.54, 1.807) is 22.7 Å². The first kappa shape index (κ1) is 19.2. The fraction of sp³-hybridized carbons (Fsp3) is 0.0385. The second-order valence-corrected chi connectivity index (χ2v) is 7.77. The third kappa shape index (κ3) is 3.05. The minimum Gasteiger partial charge on any atom is -0.484 e. The van der Waals surface area contributed by atoms with E-state index in [0.717, 1.165) is 32.7 Å². The summed E-state index contributed by atoms with van der Waals surface area (Å²) in [6.45, 7) is -0.238. The van der Waals surface area contributed by atoms with Gasteiger partial charge in [-0.2, -0.15) is 0 Å². The topological polar surface area (TPSA) is 72.7 Å². The molecule has 0 aliphatic carbocycles. The molecule has 0 atom stereocenters. The Balaban J connectivity index is 1.40. The van der Waals surface area contributed by atoms with Gasteiger partial charge in [-0.05, 0) is 48.5 Å². The molecule has 0 bridgehead atoms. The first-order valence-electron chi connectivity index (χ1n) is 10.4. The maximum atomic E-state index is 13.3. The number of fused-ring (bicyclic) bond motifs is 5. The van der Waals surface area contributed by atoms with E-state index in [1.165, 1.54) is 18.2 Å². The highest BCUT2D eigenvalue weighted by Gasteiger charge is 2.18. The van der Waals surface area contributed by atoms with Gasteiger partial charge in [0.2, 0.25) is 0 Å². The van der Waals surface area contributed by atoms with Crippen molar-refractivity contribution >= 4 is 49.7 Å². The summed E-state index contributed by atoms with van der Waals surface area (Å²) >= 11 is 0. The van der Waals surface area contributed by atoms with E-state index >= 15 is 0 Å². The first-order chi connectivity index (χ1) is 16.1. The number of nitrogens with zero attached hydrogens (tertiary/aromatic N) is 2. The molecule has 1 N–H and O–H groups in total. The van der Waals surface area contributed by atoms with Crippen molar-refractivity contribution in [2.24, 2.45) is 0 Å². The van der Waals surface area contributed by atoms with Crippen LogP contribution in [0.4, 0.5) is 10.1 Å². The molecule has 0 spiro atoms. The van der Waals surface area contributed by atoms with Gasteiger partial charge in [-0.15, -0.1) is 0 Å². The molecule has 3 aromatic carbocycles. The van der Waals surface area contributed by atoms with E-state index in [2.05, 4.69) is 10.3 Å². The number of nitrogens with one attached hydrogen (secondary N) is 1. The summed E-state index contributed by atoms with van der Waals surface area (Å²) in [6.07, 6.45) is 1.73. The van der Waals surface area contributed by atoms with Gasteiger partial charge in [-0.3, -0.25) is 19.0 Å². The number of halogens is 1. The van der Waals surface area contributed by atoms with Crippen LogP contribution < -0.4 is 15.6 Å². The molecule has 0 fully saturated rings. The van der Waals surface area contributed by atoms with Crippen molar-refractivity contribution in [1.82, 2.24) is 9.38 Å². The van der Waals surface area contributed by atoms with Crippen LogP contribution in [0.15, 0.2) is 83.8 Å². The molecule has 1 amide bonds. The number of carbonyl (C=O) groups is 1. The molecule has 3 heterocycles. The number of anilines is 1. The van der Waals surface area contributed by atoms with E-state index in [9.17, 15) is 14.0 Å². The first-order valence-corrected chi connectivity index (χ1v) is 10.4. The zero-order valence-electron chi connectivity index (χ0n) is 17.2. The zero-order chi connectivity index (χ0) is 22.5. The Morgan fingerprint density at radius 3 is 2.64 bits per heavy atom. The second kappa shape index (κ2) is 7.27. The van der Waals surface area contributed by atoms with Crippen LogP contribution in [0, 0.1) is 5.82 Å². The number of carbonyl (C=O) groups excluding carboxylic acids is 1. The molecule has 33 heavy (non-hydrogen) atoms. The zero-order valence-corrected chi connectivity index (χ0v) is 17.2. The molecule has 160 valence electrons. The molecule has 3 aromatic heterocycles. The third-order valence-corrected chi connectivity index (χ3v) is 5.74. The van der Waals surface area contributed by atoms with Crippen molar-refractivity contribution in [2.75, 3.05) is 11.9 Å². The summed E-state index contributed by atoms with van der Waals surface area (Å²) in [7, 11) is 0. The van der Waals surface area contributed by atoms with Crippen molar-refractivity contribution in [3.8, 4) is 5.75 Å². The predicted molar refractivity (Wildman–Crippen MR) is 126 cm³/mol. The number of amides is 1. The number of rotatable bonds is 4. The van der Waals surface area contributed by atoms with Gasteiger partial charge in [-0.25, -0.2) is 4.39 Å². The molecule has 0 aliphatic heterocycles. The quantitative estimate of drug-likeness (QED) is 0.404. The number of aromatic nitrogens is 2. The minimum absolute atomic E-state index is 0.103. The normalized spacial score (nSPS) is 11.5. The average Bonchev–Trinajstić information content (AvgIpc) is 3.16. The van der Waals surface area contributed by atoms with E-state index in [-0.39, 0.29) is 12.2 Å². The predicted octanol–water partition coefficient (Wildman–Crippen LogP) is 4.75. The lowest BCUT2D eigenvalue weighted by Gasteiger charge is -2.08. The Kier molecular flexibility index (Phi) is 4.23. The molecule has 0 radical (unpaired) electrons. The van der Waals surface area contributed by atoms with Crippen LogP contribution in [0.5, 0.6) is 5.75 Å². The Bertz CT molecular complexity index is 1760. The fourth-order valence-electron chi connectivity index (χ4n) is 4.35. The van der Waals surface area contributed by atoms with Gasteiger partial charge in [0.25, 0.3) is 11.5 Å². The lowest BCUT2D eigenvalue weighted by atomic mass is 10.1. The molecule has 0 saturated carbocycles. The summed E-state index contributed by atoms with van der Waals surface area (Å²) in [4.78, 5) is 30.1. The van der Waals surface area contributed by atoms with E-state index in [0.29, 0.717) is 16.8 Å². The van der Waals surface area contributed by atoms with Gasteiger partial charge >= 0.3 is 0 Å². The van der Waals surface area contributed by atoms with Crippen LogP contribution in [0.25, 0.3) is 38.1 Å². The van der Waals surface area contributed by atoms with Crippen LogP contribution in [0.1, 0.15) is 0 Å². The van der Waals surface area contributed by atoms with Gasteiger partial charge in [0.05, 0.1) is 16.6 Å².